The van der Waals surface area contributed by atoms with Crippen LogP contribution in [0.5, 0.6) is 0 Å². The molecule has 0 radical (unpaired) electrons. The smallest absolute Gasteiger partial charge is 0.266 e. The molecule has 1 aromatic heterocycles. The van der Waals surface area contributed by atoms with E-state index in [1.54, 1.807) is 0 Å². The number of alkyl halides is 1. The summed E-state index contributed by atoms with van der Waals surface area (Å²) in [5.74, 6) is 0. The minimum Gasteiger partial charge on any atom is -0.266 e. The average molecular weight is 272 g/mol. The van der Waals surface area contributed by atoms with Crippen LogP contribution < -0.4 is 5.56 Å². The molecule has 3 nitrogen and oxygen atoms in total. The number of hydrogen-bond acceptors (Lipinski definition) is 2. The molecule has 0 unspecified atom stereocenters. The largest absolute Gasteiger partial charge is 0.287 e. The number of aryl methyl sites for hydroxylation is 1. The molecule has 0 atom stereocenters. The molecule has 0 aliphatic rings. The first kappa shape index (κ1) is 10.0. The molecule has 0 bridgehead atoms. The lowest BCUT2D eigenvalue weighted by atomic mass is 10.5. The highest BCUT2D eigenvalue weighted by Crippen LogP contribution is 2.14. The summed E-state index contributed by atoms with van der Waals surface area (Å²) in [6.45, 7) is 0.482. The lowest BCUT2D eigenvalue weighted by Gasteiger charge is -2.01. The van der Waals surface area contributed by atoms with Crippen molar-refractivity contribution in [3.05, 3.63) is 26.6 Å². The topological polar surface area (TPSA) is 34.9 Å². The van der Waals surface area contributed by atoms with E-state index in [2.05, 4.69) is 21.0 Å². The summed E-state index contributed by atoms with van der Waals surface area (Å²) in [7, 11) is 0. The zero-order valence-corrected chi connectivity index (χ0v) is 9.03. The Morgan fingerprint density at radius 3 is 2.83 bits per heavy atom. The fourth-order valence-electron chi connectivity index (χ4n) is 0.684. The minimum absolute atomic E-state index is 0.0209. The van der Waals surface area contributed by atoms with Crippen LogP contribution >= 0.6 is 39.1 Å². The van der Waals surface area contributed by atoms with Crippen molar-refractivity contribution in [3.8, 4) is 0 Å². The fraction of sp³-hybridized carbons (Fsp3) is 0.333. The van der Waals surface area contributed by atoms with Gasteiger partial charge in [-0.1, -0.05) is 39.1 Å². The summed E-state index contributed by atoms with van der Waals surface area (Å²) in [6, 6.07) is 0. The monoisotopic (exact) mass is 270 g/mol. The van der Waals surface area contributed by atoms with E-state index < -0.39 is 0 Å². The first-order valence-electron chi connectivity index (χ1n) is 3.14. The highest BCUT2D eigenvalue weighted by atomic mass is 79.9. The maximum Gasteiger partial charge on any atom is 0.287 e. The van der Waals surface area contributed by atoms with Crippen molar-refractivity contribution in [2.24, 2.45) is 0 Å². The maximum atomic E-state index is 11.2. The molecule has 1 heterocycles. The Labute approximate surface area is 87.4 Å². The molecule has 0 saturated heterocycles. The van der Waals surface area contributed by atoms with Crippen LogP contribution in [0.3, 0.4) is 0 Å². The number of nitrogens with zero attached hydrogens (tertiary/aromatic N) is 2. The van der Waals surface area contributed by atoms with Crippen molar-refractivity contribution in [1.29, 1.82) is 0 Å². The minimum atomic E-state index is -0.358. The Bertz CT molecular complexity index is 339. The summed E-state index contributed by atoms with van der Waals surface area (Å²) in [5, 5.41) is 4.65. The first-order chi connectivity index (χ1) is 5.66. The van der Waals surface area contributed by atoms with Gasteiger partial charge < -0.3 is 0 Å². The second-order valence-electron chi connectivity index (χ2n) is 2.02. The molecular formula is C6H5BrCl2N2O. The standard InChI is InChI=1S/C6H5BrCl2N2O/c7-1-2-11-6(12)5(9)4(8)3-10-11/h3H,1-2H2. The van der Waals surface area contributed by atoms with Gasteiger partial charge in [0.25, 0.3) is 5.56 Å². The van der Waals surface area contributed by atoms with E-state index in [0.29, 0.717) is 11.9 Å². The molecule has 0 aliphatic carbocycles. The van der Waals surface area contributed by atoms with Gasteiger partial charge in [-0.05, 0) is 0 Å². The summed E-state index contributed by atoms with van der Waals surface area (Å²) < 4.78 is 1.25. The molecule has 6 heteroatoms. The van der Waals surface area contributed by atoms with Gasteiger partial charge in [0, 0.05) is 5.33 Å². The number of halogens is 3. The van der Waals surface area contributed by atoms with Gasteiger partial charge in [-0.2, -0.15) is 5.10 Å². The third-order valence-corrected chi connectivity index (χ3v) is 2.34. The summed E-state index contributed by atoms with van der Waals surface area (Å²) >= 11 is 14.4. The highest BCUT2D eigenvalue weighted by Gasteiger charge is 2.05. The Kier molecular flexibility index (Phi) is 3.55. The molecule has 1 aromatic rings. The van der Waals surface area contributed by atoms with Crippen molar-refractivity contribution in [2.75, 3.05) is 5.33 Å². The van der Waals surface area contributed by atoms with Gasteiger partial charge in [-0.15, -0.1) is 0 Å². The van der Waals surface area contributed by atoms with E-state index in [1.807, 2.05) is 0 Å². The third-order valence-electron chi connectivity index (χ3n) is 1.24. The molecule has 0 fully saturated rings. The molecule has 12 heavy (non-hydrogen) atoms. The molecule has 0 amide bonds. The summed E-state index contributed by atoms with van der Waals surface area (Å²) in [5.41, 5.74) is -0.358. The Morgan fingerprint density at radius 2 is 2.25 bits per heavy atom. The summed E-state index contributed by atoms with van der Waals surface area (Å²) in [4.78, 5) is 11.2. The van der Waals surface area contributed by atoms with Gasteiger partial charge in [0.05, 0.1) is 17.8 Å². The highest BCUT2D eigenvalue weighted by molar-refractivity contribution is 9.09. The van der Waals surface area contributed by atoms with E-state index in [0.717, 1.165) is 0 Å². The van der Waals surface area contributed by atoms with Crippen molar-refractivity contribution in [3.63, 3.8) is 0 Å². The van der Waals surface area contributed by atoms with Crippen LogP contribution in [0.1, 0.15) is 0 Å². The normalized spacial score (nSPS) is 10.2. The molecule has 0 aliphatic heterocycles. The first-order valence-corrected chi connectivity index (χ1v) is 5.01. The van der Waals surface area contributed by atoms with E-state index >= 15 is 0 Å². The van der Waals surface area contributed by atoms with Crippen molar-refractivity contribution >= 4 is 39.1 Å². The lowest BCUT2D eigenvalue weighted by molar-refractivity contribution is 0.623. The Balaban J connectivity index is 3.18. The quantitative estimate of drug-likeness (QED) is 0.771. The van der Waals surface area contributed by atoms with E-state index in [-0.39, 0.29) is 15.6 Å². The van der Waals surface area contributed by atoms with Crippen LogP contribution in [0.25, 0.3) is 0 Å². The van der Waals surface area contributed by atoms with E-state index in [4.69, 9.17) is 23.2 Å². The molecule has 66 valence electrons. The average Bonchev–Trinajstić information content (AvgIpc) is 2.07. The predicted molar refractivity (Wildman–Crippen MR) is 52.3 cm³/mol. The van der Waals surface area contributed by atoms with Crippen LogP contribution in [-0.4, -0.2) is 15.1 Å². The second-order valence-corrected chi connectivity index (χ2v) is 3.60. The predicted octanol–water partition coefficient (Wildman–Crippen LogP) is 1.94. The molecule has 0 aromatic carbocycles. The van der Waals surface area contributed by atoms with Gasteiger partial charge in [0.15, 0.2) is 0 Å². The van der Waals surface area contributed by atoms with Gasteiger partial charge in [-0.3, -0.25) is 4.79 Å². The SMILES string of the molecule is O=c1c(Cl)c(Cl)cnn1CCBr. The van der Waals surface area contributed by atoms with Crippen molar-refractivity contribution < 1.29 is 0 Å². The van der Waals surface area contributed by atoms with Crippen LogP contribution in [-0.2, 0) is 6.54 Å². The fourth-order valence-corrected chi connectivity index (χ4v) is 1.29. The molecule has 0 spiro atoms. The molecule has 0 N–H and O–H groups in total. The van der Waals surface area contributed by atoms with Gasteiger partial charge in [0.2, 0.25) is 0 Å². The van der Waals surface area contributed by atoms with Crippen molar-refractivity contribution in [2.45, 2.75) is 6.54 Å². The van der Waals surface area contributed by atoms with Crippen LogP contribution in [0, 0.1) is 0 Å². The van der Waals surface area contributed by atoms with Crippen molar-refractivity contribution in [1.82, 2.24) is 9.78 Å². The van der Waals surface area contributed by atoms with E-state index in [1.165, 1.54) is 10.9 Å². The maximum absolute atomic E-state index is 11.2. The second kappa shape index (κ2) is 4.25. The lowest BCUT2D eigenvalue weighted by Crippen LogP contribution is -2.23. The van der Waals surface area contributed by atoms with Gasteiger partial charge in [0.1, 0.15) is 5.02 Å². The van der Waals surface area contributed by atoms with Gasteiger partial charge in [-0.25, -0.2) is 4.68 Å². The molecular weight excluding hydrogens is 267 g/mol. The Morgan fingerprint density at radius 1 is 1.58 bits per heavy atom. The molecule has 1 rings (SSSR count). The van der Waals surface area contributed by atoms with Crippen LogP contribution in [0.4, 0.5) is 0 Å². The Hall–Kier alpha value is -0.0600. The van der Waals surface area contributed by atoms with Crippen LogP contribution in [0.15, 0.2) is 11.0 Å². The third kappa shape index (κ3) is 2.00. The zero-order chi connectivity index (χ0) is 9.14. The number of aromatic nitrogens is 2. The summed E-state index contributed by atoms with van der Waals surface area (Å²) in [6.07, 6.45) is 1.36. The molecule has 0 saturated carbocycles. The van der Waals surface area contributed by atoms with Gasteiger partial charge >= 0.3 is 0 Å². The number of hydrogen-bond donors (Lipinski definition) is 0. The zero-order valence-electron chi connectivity index (χ0n) is 5.93. The van der Waals surface area contributed by atoms with Crippen LogP contribution in [0.2, 0.25) is 10.0 Å². The number of rotatable bonds is 2. The van der Waals surface area contributed by atoms with E-state index in [9.17, 15) is 4.79 Å².